The van der Waals surface area contributed by atoms with Gasteiger partial charge in [-0.3, -0.25) is 9.69 Å². The number of aryl methyl sites for hydroxylation is 1. The van der Waals surface area contributed by atoms with Gasteiger partial charge in [0.05, 0.1) is 6.10 Å². The number of rotatable bonds is 7. The smallest absolute Gasteiger partial charge is 0.253 e. The minimum atomic E-state index is -0.512. The average Bonchev–Trinajstić information content (AvgIpc) is 2.57. The number of carbonyl (C=O) groups excluding carboxylic acids is 1. The predicted octanol–water partition coefficient (Wildman–Crippen LogP) is 1.32. The van der Waals surface area contributed by atoms with Crippen molar-refractivity contribution in [2.75, 3.05) is 53.4 Å². The van der Waals surface area contributed by atoms with E-state index >= 15 is 0 Å². The molecule has 1 aromatic rings. The first-order chi connectivity index (χ1) is 11.5. The molecule has 1 N–H and O–H groups in total. The first kappa shape index (κ1) is 18.9. The summed E-state index contributed by atoms with van der Waals surface area (Å²) in [7, 11) is 3.88. The van der Waals surface area contributed by atoms with E-state index in [0.29, 0.717) is 18.7 Å². The Bertz CT molecular complexity index is 510. The number of aliphatic hydroxyl groups excluding tert-OH is 1. The summed E-state index contributed by atoms with van der Waals surface area (Å²) in [6.45, 7) is 7.16. The Morgan fingerprint density at radius 1 is 1.21 bits per heavy atom. The molecule has 0 aromatic heterocycles. The molecule has 1 atom stereocenters. The molecule has 5 nitrogen and oxygen atoms in total. The van der Waals surface area contributed by atoms with E-state index < -0.39 is 6.10 Å². The van der Waals surface area contributed by atoms with Gasteiger partial charge in [0.2, 0.25) is 0 Å². The second kappa shape index (κ2) is 9.16. The minimum Gasteiger partial charge on any atom is -0.390 e. The second-order valence-corrected chi connectivity index (χ2v) is 6.89. The van der Waals surface area contributed by atoms with Crippen LogP contribution in [-0.2, 0) is 6.42 Å². The number of β-amino-alcohol motifs (C(OH)–C–C–N with tert-alkyl or cyclic N) is 1. The van der Waals surface area contributed by atoms with Crippen LogP contribution in [0.1, 0.15) is 29.3 Å². The number of carbonyl (C=O) groups is 1. The van der Waals surface area contributed by atoms with Gasteiger partial charge >= 0.3 is 0 Å². The molecule has 1 amide bonds. The van der Waals surface area contributed by atoms with Crippen molar-refractivity contribution in [3.63, 3.8) is 0 Å². The van der Waals surface area contributed by atoms with Gasteiger partial charge in [0.1, 0.15) is 0 Å². The Kier molecular flexibility index (Phi) is 7.21. The van der Waals surface area contributed by atoms with Crippen molar-refractivity contribution < 1.29 is 9.90 Å². The standard InChI is InChI=1S/C19H31N3O2/c1-4-5-16-6-8-17(9-7-16)19(24)21(3)14-18(23)15-22-12-10-20(2)11-13-22/h6-9,18,23H,4-5,10-15H2,1-3H3. The normalized spacial score (nSPS) is 17.7. The van der Waals surface area contributed by atoms with Crippen LogP contribution in [0.3, 0.4) is 0 Å². The number of likely N-dealkylation sites (N-methyl/N-ethyl adjacent to an activating group) is 2. The minimum absolute atomic E-state index is 0.0320. The van der Waals surface area contributed by atoms with E-state index in [1.165, 1.54) is 5.56 Å². The van der Waals surface area contributed by atoms with Crippen LogP contribution in [0.2, 0.25) is 0 Å². The molecule has 1 unspecified atom stereocenters. The monoisotopic (exact) mass is 333 g/mol. The number of amides is 1. The molecule has 134 valence electrons. The van der Waals surface area contributed by atoms with Crippen molar-refractivity contribution in [1.29, 1.82) is 0 Å². The largest absolute Gasteiger partial charge is 0.390 e. The van der Waals surface area contributed by atoms with Crippen molar-refractivity contribution in [1.82, 2.24) is 14.7 Å². The highest BCUT2D eigenvalue weighted by molar-refractivity contribution is 5.94. The number of piperazine rings is 1. The Morgan fingerprint density at radius 3 is 2.42 bits per heavy atom. The van der Waals surface area contributed by atoms with Crippen molar-refractivity contribution in [3.8, 4) is 0 Å². The first-order valence-electron chi connectivity index (χ1n) is 8.93. The summed E-state index contributed by atoms with van der Waals surface area (Å²) in [5.41, 5.74) is 1.94. The lowest BCUT2D eigenvalue weighted by atomic mass is 10.1. The molecule has 1 saturated heterocycles. The predicted molar refractivity (Wildman–Crippen MR) is 97.3 cm³/mol. The van der Waals surface area contributed by atoms with Crippen LogP contribution in [0.15, 0.2) is 24.3 Å². The molecule has 1 fully saturated rings. The van der Waals surface area contributed by atoms with Crippen molar-refractivity contribution in [2.24, 2.45) is 0 Å². The molecule has 1 aliphatic heterocycles. The molecule has 1 aliphatic rings. The van der Waals surface area contributed by atoms with Gasteiger partial charge in [-0.2, -0.15) is 0 Å². The highest BCUT2D eigenvalue weighted by Gasteiger charge is 2.20. The fourth-order valence-electron chi connectivity index (χ4n) is 3.11. The van der Waals surface area contributed by atoms with Gasteiger partial charge < -0.3 is 14.9 Å². The molecule has 1 aromatic carbocycles. The van der Waals surface area contributed by atoms with Gasteiger partial charge in [0, 0.05) is 51.9 Å². The van der Waals surface area contributed by atoms with E-state index in [-0.39, 0.29) is 5.91 Å². The summed E-state index contributed by atoms with van der Waals surface area (Å²) in [6, 6.07) is 7.81. The van der Waals surface area contributed by atoms with Crippen LogP contribution in [0.25, 0.3) is 0 Å². The summed E-state index contributed by atoms with van der Waals surface area (Å²) in [6.07, 6.45) is 1.63. The Hall–Kier alpha value is -1.43. The average molecular weight is 333 g/mol. The maximum Gasteiger partial charge on any atom is 0.253 e. The first-order valence-corrected chi connectivity index (χ1v) is 8.93. The number of aliphatic hydroxyl groups is 1. The second-order valence-electron chi connectivity index (χ2n) is 6.89. The third-order valence-electron chi connectivity index (χ3n) is 4.64. The molecular weight excluding hydrogens is 302 g/mol. The van der Waals surface area contributed by atoms with Crippen molar-refractivity contribution in [3.05, 3.63) is 35.4 Å². The van der Waals surface area contributed by atoms with E-state index in [9.17, 15) is 9.90 Å². The number of hydrogen-bond acceptors (Lipinski definition) is 4. The highest BCUT2D eigenvalue weighted by atomic mass is 16.3. The van der Waals surface area contributed by atoms with Crippen LogP contribution >= 0.6 is 0 Å². The maximum atomic E-state index is 12.5. The summed E-state index contributed by atoms with van der Waals surface area (Å²) in [5, 5.41) is 10.3. The van der Waals surface area contributed by atoms with Crippen molar-refractivity contribution in [2.45, 2.75) is 25.9 Å². The zero-order chi connectivity index (χ0) is 17.5. The van der Waals surface area contributed by atoms with Gasteiger partial charge in [0.25, 0.3) is 5.91 Å². The zero-order valence-corrected chi connectivity index (χ0v) is 15.2. The van der Waals surface area contributed by atoms with E-state index in [2.05, 4.69) is 23.8 Å². The number of hydrogen-bond donors (Lipinski definition) is 1. The molecule has 0 bridgehead atoms. The lowest BCUT2D eigenvalue weighted by molar-refractivity contribution is 0.0501. The molecule has 5 heteroatoms. The molecule has 0 saturated carbocycles. The third kappa shape index (κ3) is 5.58. The number of benzene rings is 1. The Labute approximate surface area is 145 Å². The summed E-state index contributed by atoms with van der Waals surface area (Å²) < 4.78 is 0. The van der Waals surface area contributed by atoms with Gasteiger partial charge in [-0.15, -0.1) is 0 Å². The van der Waals surface area contributed by atoms with Crippen molar-refractivity contribution >= 4 is 5.91 Å². The fraction of sp³-hybridized carbons (Fsp3) is 0.632. The lowest BCUT2D eigenvalue weighted by Crippen LogP contribution is -2.49. The molecular formula is C19H31N3O2. The van der Waals surface area contributed by atoms with E-state index in [4.69, 9.17) is 0 Å². The van der Waals surface area contributed by atoms with Crippen LogP contribution in [0.5, 0.6) is 0 Å². The molecule has 0 aliphatic carbocycles. The topological polar surface area (TPSA) is 47.0 Å². The SMILES string of the molecule is CCCc1ccc(C(=O)N(C)CC(O)CN2CCN(C)CC2)cc1. The summed E-state index contributed by atoms with van der Waals surface area (Å²) in [5.74, 6) is -0.0320. The van der Waals surface area contributed by atoms with E-state index in [0.717, 1.165) is 39.0 Å². The van der Waals surface area contributed by atoms with Crippen LogP contribution in [-0.4, -0.2) is 85.2 Å². The molecule has 1 heterocycles. The fourth-order valence-corrected chi connectivity index (χ4v) is 3.11. The molecule has 24 heavy (non-hydrogen) atoms. The molecule has 2 rings (SSSR count). The summed E-state index contributed by atoms with van der Waals surface area (Å²) in [4.78, 5) is 18.7. The quantitative estimate of drug-likeness (QED) is 0.817. The Morgan fingerprint density at radius 2 is 1.83 bits per heavy atom. The van der Waals surface area contributed by atoms with E-state index in [1.54, 1.807) is 11.9 Å². The number of nitrogens with zero attached hydrogens (tertiary/aromatic N) is 3. The van der Waals surface area contributed by atoms with Gasteiger partial charge in [-0.1, -0.05) is 25.5 Å². The Balaban J connectivity index is 1.81. The van der Waals surface area contributed by atoms with Gasteiger partial charge in [0.15, 0.2) is 0 Å². The van der Waals surface area contributed by atoms with Crippen LogP contribution in [0.4, 0.5) is 0 Å². The van der Waals surface area contributed by atoms with Gasteiger partial charge in [-0.05, 0) is 31.2 Å². The van der Waals surface area contributed by atoms with E-state index in [1.807, 2.05) is 24.3 Å². The molecule has 0 radical (unpaired) electrons. The zero-order valence-electron chi connectivity index (χ0n) is 15.2. The van der Waals surface area contributed by atoms with Crippen LogP contribution in [0, 0.1) is 0 Å². The van der Waals surface area contributed by atoms with Gasteiger partial charge in [-0.25, -0.2) is 0 Å². The third-order valence-corrected chi connectivity index (χ3v) is 4.64. The lowest BCUT2D eigenvalue weighted by Gasteiger charge is -2.34. The van der Waals surface area contributed by atoms with Crippen LogP contribution < -0.4 is 0 Å². The molecule has 0 spiro atoms. The maximum absolute atomic E-state index is 12.5. The highest BCUT2D eigenvalue weighted by Crippen LogP contribution is 2.09. The summed E-state index contributed by atoms with van der Waals surface area (Å²) >= 11 is 0.